The SMILES string of the molecule is CSC1(CN=C(N)NN)CC1. The Morgan fingerprint density at radius 1 is 1.73 bits per heavy atom. The van der Waals surface area contributed by atoms with Crippen molar-refractivity contribution in [2.24, 2.45) is 16.6 Å². The quantitative estimate of drug-likeness (QED) is 0.237. The molecule has 0 spiro atoms. The Labute approximate surface area is 70.8 Å². The lowest BCUT2D eigenvalue weighted by Crippen LogP contribution is -2.37. The van der Waals surface area contributed by atoms with Crippen LogP contribution in [0.1, 0.15) is 12.8 Å². The summed E-state index contributed by atoms with van der Waals surface area (Å²) in [5, 5.41) is 0. The van der Waals surface area contributed by atoms with E-state index in [2.05, 4.69) is 16.7 Å². The molecule has 64 valence electrons. The summed E-state index contributed by atoms with van der Waals surface area (Å²) >= 11 is 1.86. The summed E-state index contributed by atoms with van der Waals surface area (Å²) < 4.78 is 0.376. The molecule has 0 bridgehead atoms. The second kappa shape index (κ2) is 3.32. The van der Waals surface area contributed by atoms with Crippen LogP contribution in [0.4, 0.5) is 0 Å². The van der Waals surface area contributed by atoms with E-state index >= 15 is 0 Å². The lowest BCUT2D eigenvalue weighted by molar-refractivity contribution is 0.878. The van der Waals surface area contributed by atoms with Crippen LogP contribution in [0.15, 0.2) is 4.99 Å². The third-order valence-electron chi connectivity index (χ3n) is 1.93. The predicted octanol–water partition coefficient (Wildman–Crippen LogP) is -0.340. The van der Waals surface area contributed by atoms with Crippen molar-refractivity contribution in [1.29, 1.82) is 0 Å². The summed E-state index contributed by atoms with van der Waals surface area (Å²) in [6.45, 7) is 0.782. The molecule has 5 N–H and O–H groups in total. The first-order valence-corrected chi connectivity index (χ1v) is 4.76. The van der Waals surface area contributed by atoms with Gasteiger partial charge in [0.05, 0.1) is 6.54 Å². The number of rotatable bonds is 3. The van der Waals surface area contributed by atoms with Gasteiger partial charge < -0.3 is 5.73 Å². The van der Waals surface area contributed by atoms with E-state index in [1.807, 2.05) is 11.8 Å². The fourth-order valence-corrected chi connectivity index (χ4v) is 1.55. The molecule has 0 unspecified atom stereocenters. The Morgan fingerprint density at radius 2 is 2.36 bits per heavy atom. The van der Waals surface area contributed by atoms with Gasteiger partial charge in [0.25, 0.3) is 0 Å². The summed E-state index contributed by atoms with van der Waals surface area (Å²) in [5.74, 6) is 5.38. The summed E-state index contributed by atoms with van der Waals surface area (Å²) in [6.07, 6.45) is 4.60. The van der Waals surface area contributed by atoms with Crippen molar-refractivity contribution in [1.82, 2.24) is 5.43 Å². The van der Waals surface area contributed by atoms with Gasteiger partial charge in [0.1, 0.15) is 0 Å². The van der Waals surface area contributed by atoms with Gasteiger partial charge >= 0.3 is 0 Å². The Morgan fingerprint density at radius 3 is 2.73 bits per heavy atom. The monoisotopic (exact) mass is 174 g/mol. The van der Waals surface area contributed by atoms with Gasteiger partial charge in [-0.2, -0.15) is 11.8 Å². The maximum absolute atomic E-state index is 5.37. The number of hydrazine groups is 1. The second-order valence-electron chi connectivity index (χ2n) is 2.73. The van der Waals surface area contributed by atoms with E-state index in [9.17, 15) is 0 Å². The van der Waals surface area contributed by atoms with Crippen LogP contribution in [0.2, 0.25) is 0 Å². The molecule has 4 nitrogen and oxygen atoms in total. The average Bonchev–Trinajstić information content (AvgIpc) is 2.81. The molecule has 0 aliphatic heterocycles. The Balaban J connectivity index is 2.31. The first-order chi connectivity index (χ1) is 5.22. The number of nitrogens with one attached hydrogen (secondary N) is 1. The van der Waals surface area contributed by atoms with Crippen molar-refractivity contribution in [2.45, 2.75) is 17.6 Å². The minimum atomic E-state index is 0.324. The van der Waals surface area contributed by atoms with Gasteiger partial charge in [-0.3, -0.25) is 10.4 Å². The lowest BCUT2D eigenvalue weighted by Gasteiger charge is -2.07. The average molecular weight is 174 g/mol. The molecular formula is C6H14N4S. The normalized spacial score (nSPS) is 21.5. The Kier molecular flexibility index (Phi) is 2.62. The number of nitrogens with zero attached hydrogens (tertiary/aromatic N) is 1. The molecule has 1 aliphatic rings. The maximum atomic E-state index is 5.37. The van der Waals surface area contributed by atoms with E-state index in [1.165, 1.54) is 12.8 Å². The molecule has 0 heterocycles. The summed E-state index contributed by atoms with van der Waals surface area (Å²) in [4.78, 5) is 4.09. The minimum Gasteiger partial charge on any atom is -0.369 e. The van der Waals surface area contributed by atoms with E-state index in [0.717, 1.165) is 6.54 Å². The molecule has 1 rings (SSSR count). The fourth-order valence-electron chi connectivity index (χ4n) is 0.841. The summed E-state index contributed by atoms with van der Waals surface area (Å²) in [7, 11) is 0. The highest BCUT2D eigenvalue weighted by Crippen LogP contribution is 2.47. The van der Waals surface area contributed by atoms with Gasteiger partial charge in [-0.05, 0) is 19.1 Å². The third kappa shape index (κ3) is 2.27. The number of guanidine groups is 1. The molecule has 0 aromatic rings. The first-order valence-electron chi connectivity index (χ1n) is 3.54. The van der Waals surface area contributed by atoms with Gasteiger partial charge in [0.15, 0.2) is 0 Å². The summed E-state index contributed by atoms with van der Waals surface area (Å²) in [5.41, 5.74) is 7.68. The highest BCUT2D eigenvalue weighted by atomic mass is 32.2. The van der Waals surface area contributed by atoms with E-state index in [0.29, 0.717) is 10.7 Å². The molecule has 0 aromatic carbocycles. The molecule has 0 aromatic heterocycles. The number of nitrogens with two attached hydrogens (primary N) is 2. The second-order valence-corrected chi connectivity index (χ2v) is 4.01. The summed E-state index contributed by atoms with van der Waals surface area (Å²) in [6, 6.07) is 0. The zero-order valence-corrected chi connectivity index (χ0v) is 7.45. The highest BCUT2D eigenvalue weighted by molar-refractivity contribution is 8.00. The third-order valence-corrected chi connectivity index (χ3v) is 3.33. The molecule has 11 heavy (non-hydrogen) atoms. The van der Waals surface area contributed by atoms with Crippen LogP contribution in [-0.4, -0.2) is 23.5 Å². The highest BCUT2D eigenvalue weighted by Gasteiger charge is 2.41. The van der Waals surface area contributed by atoms with Crippen LogP contribution in [0.25, 0.3) is 0 Å². The number of thioether (sulfide) groups is 1. The molecule has 1 aliphatic carbocycles. The zero-order valence-electron chi connectivity index (χ0n) is 6.63. The van der Waals surface area contributed by atoms with Crippen LogP contribution in [0, 0.1) is 0 Å². The van der Waals surface area contributed by atoms with Crippen LogP contribution in [0.5, 0.6) is 0 Å². The van der Waals surface area contributed by atoms with Gasteiger partial charge in [0.2, 0.25) is 5.96 Å². The van der Waals surface area contributed by atoms with Crippen LogP contribution in [0.3, 0.4) is 0 Å². The number of aliphatic imine (C=N–C) groups is 1. The van der Waals surface area contributed by atoms with E-state index in [4.69, 9.17) is 11.6 Å². The van der Waals surface area contributed by atoms with Crippen molar-refractivity contribution in [3.8, 4) is 0 Å². The van der Waals surface area contributed by atoms with Crippen molar-refractivity contribution in [3.63, 3.8) is 0 Å². The molecule has 0 saturated heterocycles. The van der Waals surface area contributed by atoms with Crippen LogP contribution in [-0.2, 0) is 0 Å². The van der Waals surface area contributed by atoms with Gasteiger partial charge in [0, 0.05) is 4.75 Å². The van der Waals surface area contributed by atoms with Crippen LogP contribution < -0.4 is 17.0 Å². The topological polar surface area (TPSA) is 76.4 Å². The van der Waals surface area contributed by atoms with Gasteiger partial charge in [-0.15, -0.1) is 0 Å². The molecular weight excluding hydrogens is 160 g/mol. The Bertz CT molecular complexity index is 164. The molecule has 1 saturated carbocycles. The standard InChI is InChI=1S/C6H14N4S/c1-11-6(2-3-6)4-9-5(7)10-8/h2-4,8H2,1H3,(H3,7,9,10). The van der Waals surface area contributed by atoms with E-state index in [-0.39, 0.29) is 0 Å². The van der Waals surface area contributed by atoms with E-state index < -0.39 is 0 Å². The predicted molar refractivity (Wildman–Crippen MR) is 49.3 cm³/mol. The first kappa shape index (κ1) is 8.67. The largest absolute Gasteiger partial charge is 0.369 e. The van der Waals surface area contributed by atoms with E-state index in [1.54, 1.807) is 0 Å². The maximum Gasteiger partial charge on any atom is 0.203 e. The fraction of sp³-hybridized carbons (Fsp3) is 0.833. The molecule has 0 amide bonds. The molecule has 0 atom stereocenters. The van der Waals surface area contributed by atoms with Gasteiger partial charge in [-0.25, -0.2) is 5.84 Å². The molecule has 1 fully saturated rings. The number of hydrogen-bond acceptors (Lipinski definition) is 3. The van der Waals surface area contributed by atoms with Gasteiger partial charge in [-0.1, -0.05) is 0 Å². The van der Waals surface area contributed by atoms with Crippen molar-refractivity contribution >= 4 is 17.7 Å². The van der Waals surface area contributed by atoms with Crippen molar-refractivity contribution in [2.75, 3.05) is 12.8 Å². The van der Waals surface area contributed by atoms with Crippen molar-refractivity contribution in [3.05, 3.63) is 0 Å². The zero-order chi connectivity index (χ0) is 8.32. The van der Waals surface area contributed by atoms with Crippen LogP contribution >= 0.6 is 11.8 Å². The smallest absolute Gasteiger partial charge is 0.203 e. The molecule has 0 radical (unpaired) electrons. The Hall–Kier alpha value is -0.420. The van der Waals surface area contributed by atoms with Crippen molar-refractivity contribution < 1.29 is 0 Å². The molecule has 5 heteroatoms. The number of hydrogen-bond donors (Lipinski definition) is 3. The minimum absolute atomic E-state index is 0.324. The lowest BCUT2D eigenvalue weighted by atomic mass is 10.4.